The zero-order chi connectivity index (χ0) is 12.4. The van der Waals surface area contributed by atoms with E-state index < -0.39 is 4.92 Å². The highest BCUT2D eigenvalue weighted by Crippen LogP contribution is 2.38. The normalized spacial score (nSPS) is 15.9. The molecular formula is C11H14N2O3S. The van der Waals surface area contributed by atoms with E-state index in [4.69, 9.17) is 0 Å². The second-order valence-corrected chi connectivity index (χ2v) is 5.19. The van der Waals surface area contributed by atoms with Crippen molar-refractivity contribution in [2.75, 3.05) is 18.0 Å². The zero-order valence-corrected chi connectivity index (χ0v) is 10.5. The van der Waals surface area contributed by atoms with Crippen molar-refractivity contribution in [1.82, 2.24) is 0 Å². The summed E-state index contributed by atoms with van der Waals surface area (Å²) in [7, 11) is 0. The van der Waals surface area contributed by atoms with E-state index in [1.165, 1.54) is 30.7 Å². The lowest BCUT2D eigenvalue weighted by Crippen LogP contribution is -2.29. The number of carbonyl (C=O) groups is 1. The summed E-state index contributed by atoms with van der Waals surface area (Å²) in [5.74, 6) is -0.110. The number of carbonyl (C=O) groups excluding carboxylic acids is 1. The van der Waals surface area contributed by atoms with Crippen LogP contribution in [0, 0.1) is 10.1 Å². The molecule has 5 nitrogen and oxygen atoms in total. The van der Waals surface area contributed by atoms with Crippen molar-refractivity contribution in [3.05, 3.63) is 21.1 Å². The smallest absolute Gasteiger partial charge is 0.304 e. The summed E-state index contributed by atoms with van der Waals surface area (Å²) in [4.78, 5) is 24.4. The van der Waals surface area contributed by atoms with Gasteiger partial charge in [-0.3, -0.25) is 14.9 Å². The summed E-state index contributed by atoms with van der Waals surface area (Å²) in [5, 5.41) is 11.6. The molecule has 1 aliphatic rings. The first kappa shape index (κ1) is 12.0. The number of anilines is 1. The van der Waals surface area contributed by atoms with Gasteiger partial charge in [-0.05, 0) is 26.2 Å². The molecular weight excluding hydrogens is 240 g/mol. The van der Waals surface area contributed by atoms with Crippen molar-refractivity contribution < 1.29 is 9.72 Å². The quantitative estimate of drug-likeness (QED) is 0.472. The molecule has 0 saturated carbocycles. The minimum atomic E-state index is -0.396. The van der Waals surface area contributed by atoms with Crippen molar-refractivity contribution in [2.24, 2.45) is 0 Å². The van der Waals surface area contributed by atoms with Gasteiger partial charge in [0.25, 0.3) is 0 Å². The first-order valence-corrected chi connectivity index (χ1v) is 6.45. The number of thiophene rings is 1. The topological polar surface area (TPSA) is 63.4 Å². The summed E-state index contributed by atoms with van der Waals surface area (Å²) < 4.78 is 0. The summed E-state index contributed by atoms with van der Waals surface area (Å²) in [5.41, 5.74) is 0.0714. The molecule has 2 rings (SSSR count). The molecule has 17 heavy (non-hydrogen) atoms. The Kier molecular flexibility index (Phi) is 3.42. The van der Waals surface area contributed by atoms with Crippen molar-refractivity contribution in [3.8, 4) is 0 Å². The van der Waals surface area contributed by atoms with Crippen LogP contribution in [0.2, 0.25) is 0 Å². The molecule has 0 spiro atoms. The number of piperidine rings is 1. The highest BCUT2D eigenvalue weighted by atomic mass is 32.1. The predicted octanol–water partition coefficient (Wildman–Crippen LogP) is 2.85. The summed E-state index contributed by atoms with van der Waals surface area (Å²) in [6.45, 7) is 3.13. The fraction of sp³-hybridized carbons (Fsp3) is 0.545. The van der Waals surface area contributed by atoms with Gasteiger partial charge in [-0.1, -0.05) is 0 Å². The van der Waals surface area contributed by atoms with Gasteiger partial charge in [-0.25, -0.2) is 0 Å². The zero-order valence-electron chi connectivity index (χ0n) is 9.64. The highest BCUT2D eigenvalue weighted by molar-refractivity contribution is 7.18. The molecule has 0 amide bonds. The molecule has 0 aromatic carbocycles. The van der Waals surface area contributed by atoms with Gasteiger partial charge in [0, 0.05) is 19.2 Å². The highest BCUT2D eigenvalue weighted by Gasteiger charge is 2.26. The molecule has 0 unspecified atom stereocenters. The van der Waals surface area contributed by atoms with Crippen LogP contribution in [-0.2, 0) is 0 Å². The van der Waals surface area contributed by atoms with E-state index in [0.717, 1.165) is 25.9 Å². The average molecular weight is 254 g/mol. The Labute approximate surface area is 103 Å². The molecule has 1 aromatic rings. The number of hydrogen-bond acceptors (Lipinski definition) is 5. The van der Waals surface area contributed by atoms with Gasteiger partial charge in [0.1, 0.15) is 0 Å². The summed E-state index contributed by atoms with van der Waals surface area (Å²) in [6, 6.07) is 1.40. The lowest BCUT2D eigenvalue weighted by molar-refractivity contribution is -0.383. The minimum Gasteiger partial charge on any atom is -0.358 e. The van der Waals surface area contributed by atoms with E-state index in [-0.39, 0.29) is 11.5 Å². The molecule has 0 N–H and O–H groups in total. The molecule has 1 aromatic heterocycles. The van der Waals surface area contributed by atoms with Crippen LogP contribution in [-0.4, -0.2) is 23.8 Å². The van der Waals surface area contributed by atoms with Gasteiger partial charge in [0.05, 0.1) is 9.80 Å². The van der Waals surface area contributed by atoms with E-state index in [9.17, 15) is 14.9 Å². The number of Topliss-reactive ketones (excluding diaryl/α,β-unsaturated/α-hetero) is 1. The Balaban J connectivity index is 2.36. The largest absolute Gasteiger partial charge is 0.358 e. The number of hydrogen-bond donors (Lipinski definition) is 0. The Morgan fingerprint density at radius 1 is 1.41 bits per heavy atom. The van der Waals surface area contributed by atoms with E-state index >= 15 is 0 Å². The van der Waals surface area contributed by atoms with Crippen molar-refractivity contribution in [3.63, 3.8) is 0 Å². The van der Waals surface area contributed by atoms with Crippen LogP contribution in [0.1, 0.15) is 35.9 Å². The van der Waals surface area contributed by atoms with Crippen LogP contribution in [0.15, 0.2) is 6.07 Å². The third-order valence-corrected chi connectivity index (χ3v) is 4.17. The lowest BCUT2D eigenvalue weighted by Gasteiger charge is -2.26. The third kappa shape index (κ3) is 2.46. The first-order chi connectivity index (χ1) is 8.09. The van der Waals surface area contributed by atoms with Gasteiger partial charge >= 0.3 is 5.69 Å². The number of nitro groups is 1. The maximum Gasteiger partial charge on any atom is 0.304 e. The second kappa shape index (κ2) is 4.83. The van der Waals surface area contributed by atoms with E-state index in [2.05, 4.69) is 0 Å². The fourth-order valence-electron chi connectivity index (χ4n) is 2.00. The second-order valence-electron chi connectivity index (χ2n) is 4.16. The summed E-state index contributed by atoms with van der Waals surface area (Å²) in [6.07, 6.45) is 3.30. The van der Waals surface area contributed by atoms with Crippen molar-refractivity contribution in [2.45, 2.75) is 26.2 Å². The molecule has 0 aliphatic carbocycles. The number of rotatable bonds is 3. The van der Waals surface area contributed by atoms with Crippen LogP contribution in [0.25, 0.3) is 0 Å². The van der Waals surface area contributed by atoms with E-state index in [1.54, 1.807) is 0 Å². The average Bonchev–Trinajstić information content (AvgIpc) is 2.75. The summed E-state index contributed by atoms with van der Waals surface area (Å²) >= 11 is 1.24. The molecule has 6 heteroatoms. The van der Waals surface area contributed by atoms with Gasteiger partial charge in [0.15, 0.2) is 10.8 Å². The molecule has 1 saturated heterocycles. The van der Waals surface area contributed by atoms with Crippen LogP contribution in [0.5, 0.6) is 0 Å². The van der Waals surface area contributed by atoms with Crippen molar-refractivity contribution >= 4 is 27.8 Å². The van der Waals surface area contributed by atoms with Gasteiger partial charge in [-0.2, -0.15) is 0 Å². The van der Waals surface area contributed by atoms with E-state index in [1.807, 2.05) is 4.90 Å². The Morgan fingerprint density at radius 2 is 2.06 bits per heavy atom. The molecule has 1 fully saturated rings. The Bertz CT molecular complexity index is 450. The van der Waals surface area contributed by atoms with Crippen LogP contribution in [0.3, 0.4) is 0 Å². The van der Waals surface area contributed by atoms with Gasteiger partial charge in [-0.15, -0.1) is 11.3 Å². The minimum absolute atomic E-state index is 0.0714. The maximum absolute atomic E-state index is 11.3. The number of nitrogens with zero attached hydrogens (tertiary/aromatic N) is 2. The molecule has 0 radical (unpaired) electrons. The SMILES string of the molecule is CC(=O)c1cc([N+](=O)[O-])c(N2CCCCC2)s1. The van der Waals surface area contributed by atoms with E-state index in [0.29, 0.717) is 9.88 Å². The number of ketones is 1. The van der Waals surface area contributed by atoms with Gasteiger partial charge in [0.2, 0.25) is 0 Å². The Morgan fingerprint density at radius 3 is 2.59 bits per heavy atom. The van der Waals surface area contributed by atoms with Crippen LogP contribution >= 0.6 is 11.3 Å². The third-order valence-electron chi connectivity index (χ3n) is 2.88. The molecule has 92 valence electrons. The van der Waals surface area contributed by atoms with Crippen LogP contribution in [0.4, 0.5) is 10.7 Å². The molecule has 0 bridgehead atoms. The fourth-order valence-corrected chi connectivity index (χ4v) is 3.07. The standard InChI is InChI=1S/C11H14N2O3S/c1-8(14)10-7-9(13(15)16)11(17-10)12-5-3-2-4-6-12/h7H,2-6H2,1H3. The monoisotopic (exact) mass is 254 g/mol. The maximum atomic E-state index is 11.3. The molecule has 1 aliphatic heterocycles. The predicted molar refractivity (Wildman–Crippen MR) is 67.0 cm³/mol. The molecule has 0 atom stereocenters. The van der Waals surface area contributed by atoms with Crippen molar-refractivity contribution in [1.29, 1.82) is 0 Å². The Hall–Kier alpha value is -1.43. The van der Waals surface area contributed by atoms with Gasteiger partial charge < -0.3 is 4.90 Å². The first-order valence-electron chi connectivity index (χ1n) is 5.63. The lowest BCUT2D eigenvalue weighted by atomic mass is 10.1. The van der Waals surface area contributed by atoms with Crippen LogP contribution < -0.4 is 4.90 Å². The molecule has 2 heterocycles.